The van der Waals surface area contributed by atoms with Gasteiger partial charge in [-0.15, -0.1) is 4.80 Å². The Hall–Kier alpha value is -5.72. The van der Waals surface area contributed by atoms with Crippen LogP contribution >= 0.6 is 23.2 Å². The molecule has 0 aliphatic carbocycles. The van der Waals surface area contributed by atoms with Gasteiger partial charge < -0.3 is 25.3 Å². The van der Waals surface area contributed by atoms with E-state index in [9.17, 15) is 19.2 Å². The molecule has 0 spiro atoms. The highest BCUT2D eigenvalue weighted by atomic mass is 35.5. The van der Waals surface area contributed by atoms with Crippen molar-refractivity contribution in [2.75, 3.05) is 55.3 Å². The van der Waals surface area contributed by atoms with Crippen LogP contribution in [-0.4, -0.2) is 113 Å². The number of pyridine rings is 2. The van der Waals surface area contributed by atoms with Crippen molar-refractivity contribution in [2.24, 2.45) is 11.8 Å². The molecule has 1 unspecified atom stereocenters. The van der Waals surface area contributed by atoms with Gasteiger partial charge in [-0.2, -0.15) is 15.3 Å². The Labute approximate surface area is 349 Å². The molecule has 8 heterocycles. The quantitative estimate of drug-likeness (QED) is 0.164. The first-order chi connectivity index (χ1) is 28.5. The summed E-state index contributed by atoms with van der Waals surface area (Å²) in [5, 5.41) is 21.0. The van der Waals surface area contributed by atoms with E-state index in [0.29, 0.717) is 47.3 Å². The number of nitrogens with one attached hydrogen (secondary N) is 3. The summed E-state index contributed by atoms with van der Waals surface area (Å²) in [6.07, 6.45) is 13.9. The number of aromatic nitrogens is 8. The Morgan fingerprint density at radius 1 is 0.932 bits per heavy atom. The van der Waals surface area contributed by atoms with E-state index in [-0.39, 0.29) is 39.7 Å². The number of likely N-dealkylation sites (tertiary alicyclic amines) is 1. The van der Waals surface area contributed by atoms with E-state index in [2.05, 4.69) is 56.0 Å². The van der Waals surface area contributed by atoms with Crippen LogP contribution < -0.4 is 20.9 Å². The molecular formula is C39H44Cl2N14O4. The zero-order valence-corrected chi connectivity index (χ0v) is 34.1. The molecule has 2 atom stereocenters. The third-order valence-corrected chi connectivity index (χ3v) is 12.0. The van der Waals surface area contributed by atoms with Crippen LogP contribution in [0.5, 0.6) is 0 Å². The number of urea groups is 1. The molecule has 8 rings (SSSR count). The Morgan fingerprint density at radius 3 is 2.42 bits per heavy atom. The van der Waals surface area contributed by atoms with Gasteiger partial charge in [0.1, 0.15) is 0 Å². The fraction of sp³-hybridized carbons (Fsp3) is 0.436. The maximum absolute atomic E-state index is 14.1. The summed E-state index contributed by atoms with van der Waals surface area (Å²) in [7, 11) is 1.77. The van der Waals surface area contributed by atoms with Gasteiger partial charge in [-0.3, -0.25) is 24.7 Å². The fourth-order valence-electron chi connectivity index (χ4n) is 8.26. The van der Waals surface area contributed by atoms with Crippen LogP contribution in [0.2, 0.25) is 10.2 Å². The van der Waals surface area contributed by atoms with Crippen LogP contribution in [0.4, 0.5) is 21.9 Å². The van der Waals surface area contributed by atoms with E-state index in [1.54, 1.807) is 28.7 Å². The molecule has 5 aromatic heterocycles. The first kappa shape index (κ1) is 40.1. The summed E-state index contributed by atoms with van der Waals surface area (Å²) in [5.41, 5.74) is 3.54. The van der Waals surface area contributed by atoms with Crippen LogP contribution in [0.25, 0.3) is 11.5 Å². The standard InChI is InChI=1S/C39H44Cl2N14O4/c1-23(35-31(21-43-33-17-32(41)50-54(33)35)48-39(59)47-27-16-30(40)36(44-19-27)55-45-9-10-46-55)51(2)38(58)25-7-11-52(12-8-25)22-24-5-13-53(14-6-24)28-15-26(18-42-20-28)29-3-4-34(56)49-37(29)57/h9-10,15-21,23-25,29H,3-8,11-14,22H2,1-2H3,(H2,47,48,59)(H,49,56,57)/t23-,29?/m1/s1. The molecule has 0 saturated carbocycles. The highest BCUT2D eigenvalue weighted by Gasteiger charge is 2.33. The van der Waals surface area contributed by atoms with Crippen LogP contribution in [0.3, 0.4) is 0 Å². The van der Waals surface area contributed by atoms with Gasteiger partial charge in [-0.25, -0.2) is 19.3 Å². The average Bonchev–Trinajstić information content (AvgIpc) is 3.90. The van der Waals surface area contributed by atoms with Gasteiger partial charge in [-0.05, 0) is 75.7 Å². The minimum Gasteiger partial charge on any atom is -0.370 e. The van der Waals surface area contributed by atoms with Crippen LogP contribution in [0.1, 0.15) is 68.7 Å². The number of fused-ring (bicyclic) bond motifs is 1. The van der Waals surface area contributed by atoms with Crippen molar-refractivity contribution in [3.8, 4) is 5.82 Å². The zero-order valence-electron chi connectivity index (χ0n) is 32.6. The third kappa shape index (κ3) is 8.84. The number of carbonyl (C=O) groups is 4. The normalized spacial score (nSPS) is 18.8. The minimum absolute atomic E-state index is 0.0182. The smallest absolute Gasteiger partial charge is 0.323 e. The predicted octanol–water partition coefficient (Wildman–Crippen LogP) is 4.72. The summed E-state index contributed by atoms with van der Waals surface area (Å²) >= 11 is 12.7. The molecule has 308 valence electrons. The molecule has 3 aliphatic rings. The summed E-state index contributed by atoms with van der Waals surface area (Å²) in [4.78, 5) is 72.4. The SMILES string of the molecule is C[C@H](c1c(NC(=O)Nc2cnc(-n3nccn3)c(Cl)c2)cnc2cc(Cl)nn12)N(C)C(=O)C1CCN(CC2CCN(c3cncc(C4CCC(=O)NC4=O)c3)CC2)CC1. The molecule has 20 heteroatoms. The molecule has 0 bridgehead atoms. The molecule has 59 heavy (non-hydrogen) atoms. The second-order valence-corrected chi connectivity index (χ2v) is 16.1. The number of imide groups is 1. The molecule has 3 fully saturated rings. The second kappa shape index (κ2) is 17.2. The molecule has 3 saturated heterocycles. The topological polar surface area (TPSA) is 201 Å². The lowest BCUT2D eigenvalue weighted by molar-refractivity contribution is -0.138. The van der Waals surface area contributed by atoms with Gasteiger partial charge >= 0.3 is 6.03 Å². The van der Waals surface area contributed by atoms with Gasteiger partial charge in [0.15, 0.2) is 16.6 Å². The molecule has 0 radical (unpaired) electrons. The maximum atomic E-state index is 14.1. The Kier molecular flexibility index (Phi) is 11.7. The number of rotatable bonds is 10. The fourth-order valence-corrected chi connectivity index (χ4v) is 8.68. The lowest BCUT2D eigenvalue weighted by Crippen LogP contribution is -2.45. The van der Waals surface area contributed by atoms with Crippen molar-refractivity contribution in [3.63, 3.8) is 0 Å². The van der Waals surface area contributed by atoms with Crippen LogP contribution in [0.15, 0.2) is 55.4 Å². The number of hydrogen-bond acceptors (Lipinski definition) is 12. The molecule has 5 amide bonds. The van der Waals surface area contributed by atoms with Crippen molar-refractivity contribution in [1.29, 1.82) is 0 Å². The summed E-state index contributed by atoms with van der Waals surface area (Å²) < 4.78 is 1.55. The van der Waals surface area contributed by atoms with Crippen molar-refractivity contribution in [2.45, 2.75) is 57.4 Å². The second-order valence-electron chi connectivity index (χ2n) is 15.3. The Bertz CT molecular complexity index is 2360. The van der Waals surface area contributed by atoms with E-state index in [1.807, 2.05) is 19.2 Å². The number of carbonyl (C=O) groups excluding carboxylic acids is 4. The predicted molar refractivity (Wildman–Crippen MR) is 219 cm³/mol. The van der Waals surface area contributed by atoms with E-state index in [4.69, 9.17) is 23.2 Å². The molecule has 5 aromatic rings. The van der Waals surface area contributed by atoms with Gasteiger partial charge in [0, 0.05) is 51.3 Å². The first-order valence-corrected chi connectivity index (χ1v) is 20.4. The highest BCUT2D eigenvalue weighted by Crippen LogP contribution is 2.33. The first-order valence-electron chi connectivity index (χ1n) is 19.7. The Balaban J connectivity index is 0.853. The number of hydrogen-bond donors (Lipinski definition) is 3. The molecule has 0 aromatic carbocycles. The lowest BCUT2D eigenvalue weighted by atomic mass is 9.90. The number of anilines is 3. The van der Waals surface area contributed by atoms with Gasteiger partial charge in [0.25, 0.3) is 0 Å². The summed E-state index contributed by atoms with van der Waals surface area (Å²) in [5.74, 6) is -0.112. The number of nitrogens with zero attached hydrogens (tertiary/aromatic N) is 11. The minimum atomic E-state index is -0.580. The van der Waals surface area contributed by atoms with E-state index in [1.165, 1.54) is 35.7 Å². The van der Waals surface area contributed by atoms with Crippen molar-refractivity contribution in [3.05, 3.63) is 76.8 Å². The van der Waals surface area contributed by atoms with Gasteiger partial charge in [0.2, 0.25) is 17.7 Å². The number of piperidine rings is 3. The van der Waals surface area contributed by atoms with Crippen molar-refractivity contribution < 1.29 is 19.2 Å². The highest BCUT2D eigenvalue weighted by molar-refractivity contribution is 6.32. The van der Waals surface area contributed by atoms with E-state index < -0.39 is 12.1 Å². The van der Waals surface area contributed by atoms with Gasteiger partial charge in [-0.1, -0.05) is 23.2 Å². The van der Waals surface area contributed by atoms with E-state index in [0.717, 1.165) is 69.7 Å². The van der Waals surface area contributed by atoms with Crippen molar-refractivity contribution in [1.82, 2.24) is 54.7 Å². The van der Waals surface area contributed by atoms with Crippen LogP contribution in [-0.2, 0) is 14.4 Å². The Morgan fingerprint density at radius 2 is 1.69 bits per heavy atom. The third-order valence-electron chi connectivity index (χ3n) is 11.6. The summed E-state index contributed by atoms with van der Waals surface area (Å²) in [6.45, 7) is 6.32. The zero-order chi connectivity index (χ0) is 41.2. The maximum Gasteiger partial charge on any atom is 0.323 e. The molecule has 18 nitrogen and oxygen atoms in total. The largest absolute Gasteiger partial charge is 0.370 e. The van der Waals surface area contributed by atoms with Crippen molar-refractivity contribution >= 4 is 69.7 Å². The number of halogens is 2. The monoisotopic (exact) mass is 842 g/mol. The number of amides is 5. The molecule has 3 N–H and O–H groups in total. The van der Waals surface area contributed by atoms with Gasteiger partial charge in [0.05, 0.1) is 70.7 Å². The molecular weight excluding hydrogens is 799 g/mol. The van der Waals surface area contributed by atoms with E-state index >= 15 is 0 Å². The summed E-state index contributed by atoms with van der Waals surface area (Å²) in [6, 6.07) is 4.10. The molecule has 3 aliphatic heterocycles. The van der Waals surface area contributed by atoms with Crippen LogP contribution in [0, 0.1) is 11.8 Å². The average molecular weight is 844 g/mol. The lowest BCUT2D eigenvalue weighted by Gasteiger charge is -2.39.